The van der Waals surface area contributed by atoms with Gasteiger partial charge in [0.1, 0.15) is 0 Å². The number of hydrogen-bond acceptors (Lipinski definition) is 3. The molecule has 4 heteroatoms. The molecule has 0 spiro atoms. The molecule has 0 bridgehead atoms. The first-order valence-electron chi connectivity index (χ1n) is 9.34. The molecular formula is C20H32O4. The lowest BCUT2D eigenvalue weighted by Crippen LogP contribution is -2.14. The number of carbonyl (C=O) groups is 2. The fraction of sp³-hybridized carbons (Fsp3) is 0.700. The Bertz CT molecular complexity index is 439. The second-order valence-electron chi connectivity index (χ2n) is 6.75. The summed E-state index contributed by atoms with van der Waals surface area (Å²) >= 11 is 0. The van der Waals surface area contributed by atoms with Crippen LogP contribution in [0.3, 0.4) is 0 Å². The molecule has 0 fully saturated rings. The number of rotatable bonds is 13. The minimum Gasteiger partial charge on any atom is -0.481 e. The lowest BCUT2D eigenvalue weighted by molar-refractivity contribution is -0.137. The van der Waals surface area contributed by atoms with E-state index < -0.39 is 12.1 Å². The number of hydrogen-bond donors (Lipinski definition) is 2. The van der Waals surface area contributed by atoms with Gasteiger partial charge in [-0.1, -0.05) is 63.7 Å². The molecule has 136 valence electrons. The highest BCUT2D eigenvalue weighted by Crippen LogP contribution is 2.28. The van der Waals surface area contributed by atoms with Crippen molar-refractivity contribution in [2.24, 2.45) is 11.8 Å². The van der Waals surface area contributed by atoms with E-state index in [2.05, 4.69) is 6.92 Å². The summed E-state index contributed by atoms with van der Waals surface area (Å²) < 4.78 is 0. The van der Waals surface area contributed by atoms with Crippen LogP contribution in [0.15, 0.2) is 24.3 Å². The molecule has 1 aliphatic rings. The Morgan fingerprint density at radius 1 is 1.21 bits per heavy atom. The topological polar surface area (TPSA) is 74.6 Å². The molecule has 1 rings (SSSR count). The van der Waals surface area contributed by atoms with E-state index in [1.807, 2.05) is 12.2 Å². The lowest BCUT2D eigenvalue weighted by Gasteiger charge is -2.15. The van der Waals surface area contributed by atoms with Gasteiger partial charge in [0.05, 0.1) is 6.10 Å². The van der Waals surface area contributed by atoms with Crippen LogP contribution in [0.1, 0.15) is 71.1 Å². The maximum absolute atomic E-state index is 11.9. The molecule has 0 saturated carbocycles. The second-order valence-corrected chi connectivity index (χ2v) is 6.75. The zero-order valence-electron chi connectivity index (χ0n) is 14.8. The summed E-state index contributed by atoms with van der Waals surface area (Å²) in [7, 11) is 0. The first kappa shape index (κ1) is 20.6. The van der Waals surface area contributed by atoms with Gasteiger partial charge in [0.15, 0.2) is 5.78 Å². The van der Waals surface area contributed by atoms with Gasteiger partial charge in [-0.3, -0.25) is 9.59 Å². The van der Waals surface area contributed by atoms with Gasteiger partial charge in [0.2, 0.25) is 0 Å². The highest BCUT2D eigenvalue weighted by Gasteiger charge is 2.27. The maximum Gasteiger partial charge on any atom is 0.303 e. The fourth-order valence-electron chi connectivity index (χ4n) is 3.13. The quantitative estimate of drug-likeness (QED) is 0.389. The highest BCUT2D eigenvalue weighted by atomic mass is 16.4. The number of aliphatic hydroxyl groups is 1. The molecule has 0 heterocycles. The van der Waals surface area contributed by atoms with Crippen LogP contribution in [-0.4, -0.2) is 28.1 Å². The molecule has 0 amide bonds. The summed E-state index contributed by atoms with van der Waals surface area (Å²) in [6.45, 7) is 2.17. The van der Waals surface area contributed by atoms with Crippen LogP contribution in [0.4, 0.5) is 0 Å². The van der Waals surface area contributed by atoms with Gasteiger partial charge in [-0.25, -0.2) is 0 Å². The zero-order chi connectivity index (χ0) is 17.8. The summed E-state index contributed by atoms with van der Waals surface area (Å²) in [5.41, 5.74) is 0. The molecule has 24 heavy (non-hydrogen) atoms. The number of unbranched alkanes of at least 4 members (excludes halogenated alkanes) is 5. The van der Waals surface area contributed by atoms with Gasteiger partial charge >= 0.3 is 5.97 Å². The Labute approximate surface area is 145 Å². The van der Waals surface area contributed by atoms with Gasteiger partial charge in [-0.05, 0) is 31.3 Å². The normalized spacial score (nSPS) is 21.7. The van der Waals surface area contributed by atoms with Crippen LogP contribution in [0.2, 0.25) is 0 Å². The lowest BCUT2D eigenvalue weighted by atomic mass is 9.89. The summed E-state index contributed by atoms with van der Waals surface area (Å²) in [5.74, 6) is -0.425. The average Bonchev–Trinajstić information content (AvgIpc) is 2.89. The van der Waals surface area contributed by atoms with E-state index >= 15 is 0 Å². The minimum atomic E-state index is -0.749. The van der Waals surface area contributed by atoms with E-state index in [0.29, 0.717) is 12.8 Å². The van der Waals surface area contributed by atoms with Crippen LogP contribution in [0.25, 0.3) is 0 Å². The third kappa shape index (κ3) is 8.44. The number of aliphatic carboxylic acids is 1. The summed E-state index contributed by atoms with van der Waals surface area (Å²) in [6.07, 6.45) is 15.6. The van der Waals surface area contributed by atoms with Crippen LogP contribution >= 0.6 is 0 Å². The van der Waals surface area contributed by atoms with Crippen molar-refractivity contribution in [2.45, 2.75) is 77.2 Å². The predicted molar refractivity (Wildman–Crippen MR) is 95.8 cm³/mol. The molecule has 0 aromatic rings. The van der Waals surface area contributed by atoms with Crippen LogP contribution in [0, 0.1) is 11.8 Å². The standard InChI is InChI=1S/C20H32O4/c1-2-3-6-9-16-12-15-19(22)18(16)14-13-17(21)10-7-4-5-8-11-20(23)24/h12-18,21H,2-11H2,1H3,(H,23,24)/b14-13+/t16-,17+,18-/m0/s1. The molecule has 4 nitrogen and oxygen atoms in total. The molecule has 0 radical (unpaired) electrons. The Kier molecular flexibility index (Phi) is 10.3. The van der Waals surface area contributed by atoms with Gasteiger partial charge in [0.25, 0.3) is 0 Å². The molecule has 1 aliphatic carbocycles. The molecule has 3 atom stereocenters. The van der Waals surface area contributed by atoms with Gasteiger partial charge in [0, 0.05) is 12.3 Å². The molecule has 0 aromatic carbocycles. The smallest absolute Gasteiger partial charge is 0.303 e. The van der Waals surface area contributed by atoms with Gasteiger partial charge in [-0.2, -0.15) is 0 Å². The molecule has 0 saturated heterocycles. The summed E-state index contributed by atoms with van der Waals surface area (Å²) in [6, 6.07) is 0. The Hall–Kier alpha value is -1.42. The second kappa shape index (κ2) is 12.0. The Balaban J connectivity index is 2.24. The van der Waals surface area contributed by atoms with Crippen molar-refractivity contribution in [3.63, 3.8) is 0 Å². The molecule has 2 N–H and O–H groups in total. The SMILES string of the molecule is CCCCC[C@H]1C=CC(=O)[C@H]1/C=C/[C@H](O)CCCCCCC(=O)O. The molecule has 0 unspecified atom stereocenters. The molecule has 0 aliphatic heterocycles. The van der Waals surface area contributed by atoms with E-state index in [1.165, 1.54) is 12.8 Å². The van der Waals surface area contributed by atoms with E-state index in [-0.39, 0.29) is 24.0 Å². The van der Waals surface area contributed by atoms with E-state index in [4.69, 9.17) is 5.11 Å². The van der Waals surface area contributed by atoms with Crippen LogP contribution in [-0.2, 0) is 9.59 Å². The monoisotopic (exact) mass is 336 g/mol. The first-order valence-corrected chi connectivity index (χ1v) is 9.34. The summed E-state index contributed by atoms with van der Waals surface area (Å²) in [5, 5.41) is 18.6. The number of carbonyl (C=O) groups excluding carboxylic acids is 1. The third-order valence-electron chi connectivity index (χ3n) is 4.62. The third-order valence-corrected chi connectivity index (χ3v) is 4.62. The predicted octanol–water partition coefficient (Wildman–Crippen LogP) is 4.28. The average molecular weight is 336 g/mol. The van der Waals surface area contributed by atoms with Crippen molar-refractivity contribution in [1.82, 2.24) is 0 Å². The number of allylic oxidation sites excluding steroid dienone is 3. The van der Waals surface area contributed by atoms with Crippen LogP contribution < -0.4 is 0 Å². The van der Waals surface area contributed by atoms with Crippen molar-refractivity contribution in [3.05, 3.63) is 24.3 Å². The van der Waals surface area contributed by atoms with E-state index in [1.54, 1.807) is 12.2 Å². The first-order chi connectivity index (χ1) is 11.5. The number of carboxylic acid groups (broad SMARTS) is 1. The molecular weight excluding hydrogens is 304 g/mol. The number of ketones is 1. The van der Waals surface area contributed by atoms with Crippen molar-refractivity contribution in [1.29, 1.82) is 0 Å². The van der Waals surface area contributed by atoms with E-state index in [0.717, 1.165) is 32.1 Å². The maximum atomic E-state index is 11.9. The van der Waals surface area contributed by atoms with Crippen molar-refractivity contribution in [2.75, 3.05) is 0 Å². The Morgan fingerprint density at radius 3 is 2.67 bits per heavy atom. The number of carboxylic acids is 1. The summed E-state index contributed by atoms with van der Waals surface area (Å²) in [4.78, 5) is 22.4. The highest BCUT2D eigenvalue weighted by molar-refractivity contribution is 5.95. The van der Waals surface area contributed by atoms with Crippen molar-refractivity contribution < 1.29 is 19.8 Å². The van der Waals surface area contributed by atoms with Crippen molar-refractivity contribution >= 4 is 11.8 Å². The van der Waals surface area contributed by atoms with Gasteiger partial charge < -0.3 is 10.2 Å². The Morgan fingerprint density at radius 2 is 1.96 bits per heavy atom. The van der Waals surface area contributed by atoms with Crippen molar-refractivity contribution in [3.8, 4) is 0 Å². The molecule has 0 aromatic heterocycles. The van der Waals surface area contributed by atoms with E-state index in [9.17, 15) is 14.7 Å². The fourth-order valence-corrected chi connectivity index (χ4v) is 3.13. The van der Waals surface area contributed by atoms with Gasteiger partial charge in [-0.15, -0.1) is 0 Å². The zero-order valence-corrected chi connectivity index (χ0v) is 14.8. The largest absolute Gasteiger partial charge is 0.481 e. The minimum absolute atomic E-state index is 0.105. The van der Waals surface area contributed by atoms with Crippen LogP contribution in [0.5, 0.6) is 0 Å². The number of aliphatic hydroxyl groups excluding tert-OH is 1.